The molecule has 0 aliphatic carbocycles. The maximum atomic E-state index is 12.5. The summed E-state index contributed by atoms with van der Waals surface area (Å²) in [5.74, 6) is -0.730. The van der Waals surface area contributed by atoms with Gasteiger partial charge in [0.05, 0.1) is 21.8 Å². The van der Waals surface area contributed by atoms with Crippen molar-refractivity contribution in [3.05, 3.63) is 63.6 Å². The predicted octanol–water partition coefficient (Wildman–Crippen LogP) is 4.65. The number of rotatable bonds is 3. The van der Waals surface area contributed by atoms with E-state index in [1.165, 1.54) is 12.1 Å². The van der Waals surface area contributed by atoms with Gasteiger partial charge in [-0.25, -0.2) is 0 Å². The molecule has 27 heavy (non-hydrogen) atoms. The van der Waals surface area contributed by atoms with Crippen LogP contribution in [0.1, 0.15) is 41.5 Å². The molecule has 2 rings (SSSR count). The third kappa shape index (κ3) is 6.20. The van der Waals surface area contributed by atoms with Crippen LogP contribution in [0.4, 0.5) is 5.69 Å². The molecule has 2 amide bonds. The van der Waals surface area contributed by atoms with Gasteiger partial charge in [0.1, 0.15) is 0 Å². The first-order valence-corrected chi connectivity index (χ1v) is 9.22. The van der Waals surface area contributed by atoms with Gasteiger partial charge in [0, 0.05) is 10.6 Å². The zero-order valence-corrected chi connectivity index (χ0v) is 17.4. The van der Waals surface area contributed by atoms with Gasteiger partial charge in [-0.2, -0.15) is 0 Å². The van der Waals surface area contributed by atoms with Crippen molar-refractivity contribution in [1.82, 2.24) is 10.6 Å². The molecular formula is C19H19Cl2N3O2S. The molecule has 0 spiro atoms. The van der Waals surface area contributed by atoms with E-state index in [2.05, 4.69) is 16.0 Å². The molecule has 0 saturated heterocycles. The Bertz CT molecular complexity index is 895. The Morgan fingerprint density at radius 1 is 0.963 bits per heavy atom. The molecule has 0 bridgehead atoms. The van der Waals surface area contributed by atoms with Crippen LogP contribution in [0, 0.1) is 0 Å². The average molecular weight is 424 g/mol. The van der Waals surface area contributed by atoms with Gasteiger partial charge in [-0.05, 0) is 63.3 Å². The summed E-state index contributed by atoms with van der Waals surface area (Å²) >= 11 is 17.1. The average Bonchev–Trinajstić information content (AvgIpc) is 2.53. The van der Waals surface area contributed by atoms with Crippen molar-refractivity contribution < 1.29 is 9.59 Å². The molecule has 0 heterocycles. The van der Waals surface area contributed by atoms with Crippen LogP contribution in [0.15, 0.2) is 42.5 Å². The third-order valence-corrected chi connectivity index (χ3v) is 4.06. The molecule has 0 aliphatic rings. The van der Waals surface area contributed by atoms with E-state index in [-0.39, 0.29) is 27.1 Å². The van der Waals surface area contributed by atoms with Crippen molar-refractivity contribution in [1.29, 1.82) is 0 Å². The number of thiocarbonyl (C=S) groups is 1. The van der Waals surface area contributed by atoms with Crippen LogP contribution in [0.5, 0.6) is 0 Å². The lowest BCUT2D eigenvalue weighted by molar-refractivity contribution is 0.0919. The third-order valence-electron chi connectivity index (χ3n) is 3.31. The highest BCUT2D eigenvalue weighted by molar-refractivity contribution is 7.80. The minimum atomic E-state index is -0.481. The van der Waals surface area contributed by atoms with Gasteiger partial charge < -0.3 is 10.6 Å². The maximum absolute atomic E-state index is 12.5. The number of nitrogens with one attached hydrogen (secondary N) is 3. The molecule has 0 aliphatic heterocycles. The number of halogens is 2. The van der Waals surface area contributed by atoms with Crippen molar-refractivity contribution in [3.8, 4) is 0 Å². The SMILES string of the molecule is CC(C)(C)NC(=O)c1ccccc1NC(=S)NC(=O)c1ccc(Cl)cc1Cl. The number of hydrogen-bond acceptors (Lipinski definition) is 3. The quantitative estimate of drug-likeness (QED) is 0.628. The summed E-state index contributed by atoms with van der Waals surface area (Å²) in [5.41, 5.74) is 0.744. The van der Waals surface area contributed by atoms with Crippen LogP contribution in [-0.2, 0) is 0 Å². The van der Waals surface area contributed by atoms with Crippen molar-refractivity contribution in [2.45, 2.75) is 26.3 Å². The molecule has 2 aromatic carbocycles. The molecule has 142 valence electrons. The molecule has 5 nitrogen and oxygen atoms in total. The van der Waals surface area contributed by atoms with E-state index in [0.717, 1.165) is 0 Å². The number of anilines is 1. The lowest BCUT2D eigenvalue weighted by Gasteiger charge is -2.21. The normalized spacial score (nSPS) is 10.9. The fraction of sp³-hybridized carbons (Fsp3) is 0.211. The predicted molar refractivity (Wildman–Crippen MR) is 114 cm³/mol. The lowest BCUT2D eigenvalue weighted by Crippen LogP contribution is -2.41. The topological polar surface area (TPSA) is 70.2 Å². The molecule has 0 unspecified atom stereocenters. The second kappa shape index (κ2) is 8.69. The van der Waals surface area contributed by atoms with Crippen LogP contribution < -0.4 is 16.0 Å². The van der Waals surface area contributed by atoms with Crippen molar-refractivity contribution in [3.63, 3.8) is 0 Å². The van der Waals surface area contributed by atoms with E-state index in [1.54, 1.807) is 30.3 Å². The molecular weight excluding hydrogens is 405 g/mol. The monoisotopic (exact) mass is 423 g/mol. The van der Waals surface area contributed by atoms with E-state index >= 15 is 0 Å². The van der Waals surface area contributed by atoms with Crippen LogP contribution in [0.25, 0.3) is 0 Å². The molecule has 2 aromatic rings. The Morgan fingerprint density at radius 3 is 2.26 bits per heavy atom. The first kappa shape index (κ1) is 21.2. The van der Waals surface area contributed by atoms with Gasteiger partial charge in [0.25, 0.3) is 11.8 Å². The molecule has 8 heteroatoms. The summed E-state index contributed by atoms with van der Waals surface area (Å²) in [6.45, 7) is 5.67. The number of hydrogen-bond donors (Lipinski definition) is 3. The molecule has 3 N–H and O–H groups in total. The minimum absolute atomic E-state index is 0.0435. The Balaban J connectivity index is 2.12. The summed E-state index contributed by atoms with van der Waals surface area (Å²) < 4.78 is 0. The number of para-hydroxylation sites is 1. The first-order chi connectivity index (χ1) is 12.6. The van der Waals surface area contributed by atoms with Crippen molar-refractivity contribution in [2.75, 3.05) is 5.32 Å². The fourth-order valence-corrected chi connectivity index (χ4v) is 2.89. The Morgan fingerprint density at radius 2 is 1.63 bits per heavy atom. The van der Waals surface area contributed by atoms with E-state index in [9.17, 15) is 9.59 Å². The molecule has 0 radical (unpaired) electrons. The minimum Gasteiger partial charge on any atom is -0.347 e. The first-order valence-electron chi connectivity index (χ1n) is 8.06. The van der Waals surface area contributed by atoms with Crippen molar-refractivity contribution >= 4 is 58.0 Å². The molecule has 0 saturated carbocycles. The highest BCUT2D eigenvalue weighted by atomic mass is 35.5. The zero-order chi connectivity index (χ0) is 20.2. The standard InChI is InChI=1S/C19H19Cl2N3O2S/c1-19(2,3)24-17(26)13-6-4-5-7-15(13)22-18(27)23-16(25)12-9-8-11(20)10-14(12)21/h4-10H,1-3H3,(H,24,26)(H2,22,23,25,27). The van der Waals surface area contributed by atoms with Gasteiger partial charge in [-0.1, -0.05) is 35.3 Å². The maximum Gasteiger partial charge on any atom is 0.258 e. The van der Waals surface area contributed by atoms with E-state index in [1.807, 2.05) is 20.8 Å². The van der Waals surface area contributed by atoms with E-state index < -0.39 is 5.91 Å². The smallest absolute Gasteiger partial charge is 0.258 e. The van der Waals surface area contributed by atoms with Gasteiger partial charge in [0.15, 0.2) is 5.11 Å². The highest BCUT2D eigenvalue weighted by Gasteiger charge is 2.19. The van der Waals surface area contributed by atoms with Crippen LogP contribution in [-0.4, -0.2) is 22.5 Å². The summed E-state index contributed by atoms with van der Waals surface area (Å²) in [5, 5.41) is 8.99. The number of benzene rings is 2. The van der Waals surface area contributed by atoms with Gasteiger partial charge in [-0.3, -0.25) is 14.9 Å². The fourth-order valence-electron chi connectivity index (χ4n) is 2.20. The molecule has 0 aromatic heterocycles. The van der Waals surface area contributed by atoms with E-state index in [0.29, 0.717) is 16.3 Å². The Hall–Kier alpha value is -2.15. The lowest BCUT2D eigenvalue weighted by atomic mass is 10.1. The van der Waals surface area contributed by atoms with Crippen molar-refractivity contribution in [2.24, 2.45) is 0 Å². The van der Waals surface area contributed by atoms with Crippen LogP contribution in [0.2, 0.25) is 10.0 Å². The second-order valence-electron chi connectivity index (χ2n) is 6.78. The van der Waals surface area contributed by atoms with Crippen LogP contribution >= 0.6 is 35.4 Å². The van der Waals surface area contributed by atoms with Crippen LogP contribution in [0.3, 0.4) is 0 Å². The summed E-state index contributed by atoms with van der Waals surface area (Å²) in [7, 11) is 0. The van der Waals surface area contributed by atoms with Gasteiger partial charge >= 0.3 is 0 Å². The summed E-state index contributed by atoms with van der Waals surface area (Å²) in [6, 6.07) is 11.4. The summed E-state index contributed by atoms with van der Waals surface area (Å²) in [4.78, 5) is 24.8. The number of carbonyl (C=O) groups excluding carboxylic acids is 2. The number of carbonyl (C=O) groups is 2. The van der Waals surface area contributed by atoms with E-state index in [4.69, 9.17) is 35.4 Å². The van der Waals surface area contributed by atoms with Gasteiger partial charge in [-0.15, -0.1) is 0 Å². The summed E-state index contributed by atoms with van der Waals surface area (Å²) in [6.07, 6.45) is 0. The highest BCUT2D eigenvalue weighted by Crippen LogP contribution is 2.21. The molecule has 0 fully saturated rings. The Labute approximate surface area is 173 Å². The van der Waals surface area contributed by atoms with Gasteiger partial charge in [0.2, 0.25) is 0 Å². The second-order valence-corrected chi connectivity index (χ2v) is 8.03. The molecule has 0 atom stereocenters. The Kier molecular flexibility index (Phi) is 6.81. The zero-order valence-electron chi connectivity index (χ0n) is 15.0. The largest absolute Gasteiger partial charge is 0.347 e. The number of amides is 2.